The van der Waals surface area contributed by atoms with E-state index in [1.807, 2.05) is 21.8 Å². The summed E-state index contributed by atoms with van der Waals surface area (Å²) < 4.78 is 3.91. The fourth-order valence-corrected chi connectivity index (χ4v) is 4.56. The Morgan fingerprint density at radius 3 is 2.39 bits per heavy atom. The second-order valence-electron chi connectivity index (χ2n) is 3.42. The van der Waals surface area contributed by atoms with Gasteiger partial charge in [-0.15, -0.1) is 0 Å². The molecule has 2 heterocycles. The molecule has 0 radical (unpaired) electrons. The van der Waals surface area contributed by atoms with E-state index in [2.05, 4.69) is 46.3 Å². The first-order valence-corrected chi connectivity index (χ1v) is 7.83. The molecule has 0 bridgehead atoms. The Morgan fingerprint density at radius 1 is 1.06 bits per heavy atom. The first-order valence-electron chi connectivity index (χ1n) is 4.90. The predicted molar refractivity (Wildman–Crippen MR) is 78.9 cm³/mol. The second-order valence-corrected chi connectivity index (χ2v) is 6.68. The topological polar surface area (TPSA) is 43.6 Å². The van der Waals surface area contributed by atoms with Gasteiger partial charge in [-0.3, -0.25) is 0 Å². The number of hydrogen-bond acceptors (Lipinski definition) is 6. The van der Waals surface area contributed by atoms with Gasteiger partial charge in [0, 0.05) is 0 Å². The van der Waals surface area contributed by atoms with Gasteiger partial charge in [-0.1, -0.05) is 0 Å². The van der Waals surface area contributed by atoms with Gasteiger partial charge in [0.15, 0.2) is 0 Å². The van der Waals surface area contributed by atoms with E-state index < -0.39 is 0 Å². The Hall–Kier alpha value is -0.661. The molecule has 0 aliphatic heterocycles. The molecule has 0 spiro atoms. The van der Waals surface area contributed by atoms with Crippen LogP contribution in [0.3, 0.4) is 0 Å². The zero-order valence-corrected chi connectivity index (χ0v) is 13.1. The quantitative estimate of drug-likeness (QED) is 0.398. The van der Waals surface area contributed by atoms with Crippen LogP contribution >= 0.6 is 37.5 Å². The molecule has 90 valence electrons. The summed E-state index contributed by atoms with van der Waals surface area (Å²) in [4.78, 5) is 12.3. The van der Waals surface area contributed by atoms with Crippen LogP contribution in [0.5, 0.6) is 0 Å². The Bertz CT molecular complexity index is 775. The number of benzene rings is 1. The van der Waals surface area contributed by atoms with Gasteiger partial charge in [0.25, 0.3) is 0 Å². The maximum atomic E-state index is 5.46. The summed E-state index contributed by atoms with van der Waals surface area (Å²) in [5.74, 6) is 0.515. The number of fused-ring (bicyclic) bond motifs is 1. The molecule has 3 aromatic rings. The summed E-state index contributed by atoms with van der Waals surface area (Å²) in [5, 5.41) is 1.77. The van der Waals surface area contributed by atoms with Crippen LogP contribution in [0, 0.1) is 4.64 Å². The minimum atomic E-state index is 0.0511. The number of thiol groups is 2. The summed E-state index contributed by atoms with van der Waals surface area (Å²) in [6.07, 6.45) is 0. The van der Waals surface area contributed by atoms with E-state index in [4.69, 9.17) is 12.2 Å². The van der Waals surface area contributed by atoms with Gasteiger partial charge >= 0.3 is 126 Å². The van der Waals surface area contributed by atoms with E-state index >= 15 is 0 Å². The number of aromatic nitrogens is 4. The molecular formula is C10H6N4S3Se. The molecule has 0 saturated carbocycles. The van der Waals surface area contributed by atoms with Gasteiger partial charge < -0.3 is 0 Å². The second kappa shape index (κ2) is 4.79. The van der Waals surface area contributed by atoms with E-state index in [1.165, 1.54) is 4.26 Å². The summed E-state index contributed by atoms with van der Waals surface area (Å²) in [5.41, 5.74) is 0. The van der Waals surface area contributed by atoms with Crippen LogP contribution in [-0.4, -0.2) is 33.2 Å². The van der Waals surface area contributed by atoms with Crippen molar-refractivity contribution in [1.82, 2.24) is 18.5 Å². The van der Waals surface area contributed by atoms with Crippen molar-refractivity contribution in [3.8, 4) is 5.95 Å². The third kappa shape index (κ3) is 2.15. The fourth-order valence-electron chi connectivity index (χ4n) is 1.54. The number of hydrogen-bond donors (Lipinski definition) is 2. The minimum absolute atomic E-state index is 0.0511. The molecule has 0 saturated heterocycles. The van der Waals surface area contributed by atoms with Gasteiger partial charge in [0.05, 0.1) is 0 Å². The number of rotatable bonds is 1. The van der Waals surface area contributed by atoms with Crippen LogP contribution in [0.2, 0.25) is 0 Å². The van der Waals surface area contributed by atoms with Crippen molar-refractivity contribution in [1.29, 1.82) is 0 Å². The van der Waals surface area contributed by atoms with Crippen molar-refractivity contribution in [2.45, 2.75) is 10.3 Å². The van der Waals surface area contributed by atoms with Crippen LogP contribution in [-0.2, 0) is 0 Å². The molecule has 4 nitrogen and oxygen atoms in total. The predicted octanol–water partition coefficient (Wildman–Crippen LogP) is 2.18. The van der Waals surface area contributed by atoms with Crippen LogP contribution in [0.25, 0.3) is 15.6 Å². The van der Waals surface area contributed by atoms with Crippen LogP contribution in [0.1, 0.15) is 0 Å². The Kier molecular flexibility index (Phi) is 3.29. The van der Waals surface area contributed by atoms with Gasteiger partial charge in [0.1, 0.15) is 0 Å². The van der Waals surface area contributed by atoms with Crippen molar-refractivity contribution in [2.24, 2.45) is 0 Å². The molecule has 0 aliphatic rings. The molecule has 0 unspecified atom stereocenters. The van der Waals surface area contributed by atoms with Crippen LogP contribution < -0.4 is 0 Å². The molecule has 0 fully saturated rings. The van der Waals surface area contributed by atoms with E-state index in [1.54, 1.807) is 0 Å². The molecule has 0 atom stereocenters. The fraction of sp³-hybridized carbons (Fsp3) is 0. The first kappa shape index (κ1) is 12.4. The van der Waals surface area contributed by atoms with Gasteiger partial charge in [-0.05, 0) is 0 Å². The number of nitrogens with zero attached hydrogens (tertiary/aromatic N) is 4. The van der Waals surface area contributed by atoms with E-state index in [0.29, 0.717) is 16.3 Å². The van der Waals surface area contributed by atoms with Crippen LogP contribution in [0.4, 0.5) is 0 Å². The summed E-state index contributed by atoms with van der Waals surface area (Å²) in [6, 6.07) is 8.08. The average Bonchev–Trinajstić information content (AvgIpc) is 2.66. The monoisotopic (exact) mass is 358 g/mol. The SMILES string of the molecule is S=c1c2ccccc2[se]n1-c1nc(S)nc(S)n1. The van der Waals surface area contributed by atoms with E-state index in [-0.39, 0.29) is 14.7 Å². The molecule has 1 aromatic carbocycles. The zero-order valence-electron chi connectivity index (χ0n) is 8.81. The summed E-state index contributed by atoms with van der Waals surface area (Å²) in [7, 11) is 0. The Morgan fingerprint density at radius 2 is 1.72 bits per heavy atom. The molecule has 18 heavy (non-hydrogen) atoms. The van der Waals surface area contributed by atoms with E-state index in [9.17, 15) is 0 Å². The maximum absolute atomic E-state index is 5.46. The van der Waals surface area contributed by atoms with Crippen molar-refractivity contribution in [3.05, 3.63) is 28.9 Å². The zero-order chi connectivity index (χ0) is 12.7. The molecule has 0 aliphatic carbocycles. The van der Waals surface area contributed by atoms with Crippen molar-refractivity contribution < 1.29 is 0 Å². The van der Waals surface area contributed by atoms with Crippen molar-refractivity contribution >= 4 is 61.9 Å². The Balaban J connectivity index is 2.31. The molecular weight excluding hydrogens is 351 g/mol. The molecule has 0 amide bonds. The van der Waals surface area contributed by atoms with Crippen molar-refractivity contribution in [3.63, 3.8) is 0 Å². The van der Waals surface area contributed by atoms with Crippen molar-refractivity contribution in [2.75, 3.05) is 0 Å². The molecule has 3 rings (SSSR count). The molecule has 0 N–H and O–H groups in total. The van der Waals surface area contributed by atoms with Gasteiger partial charge in [-0.2, -0.15) is 0 Å². The third-order valence-corrected chi connectivity index (χ3v) is 5.60. The molecule has 8 heteroatoms. The first-order chi connectivity index (χ1) is 8.65. The van der Waals surface area contributed by atoms with Crippen LogP contribution in [0.15, 0.2) is 34.6 Å². The molecule has 2 aromatic heterocycles. The van der Waals surface area contributed by atoms with E-state index in [0.717, 1.165) is 10.0 Å². The Labute approximate surface area is 125 Å². The average molecular weight is 357 g/mol. The van der Waals surface area contributed by atoms with Gasteiger partial charge in [0.2, 0.25) is 0 Å². The summed E-state index contributed by atoms with van der Waals surface area (Å²) in [6.45, 7) is 0. The standard InChI is InChI=1S/C10H6N4S3Se/c15-7-5-3-1-2-4-6(5)18-14(7)8-11-9(16)13-10(17)12-8/h1-4H,(H2,11,12,13,16,17). The van der Waals surface area contributed by atoms with Gasteiger partial charge in [-0.25, -0.2) is 0 Å². The third-order valence-electron chi connectivity index (χ3n) is 2.27. The normalized spacial score (nSPS) is 11.0. The summed E-state index contributed by atoms with van der Waals surface area (Å²) >= 11 is 13.8.